The standard InChI is InChI=1S/C26H50O5Si/c1-12-21-18-30-32(25(6,7)8,26(9,10)11)31-24(21)20(5)17-19(4)22(27)15-16-23(28-13-2)29-14-3/h19-24,27H,12-14,17-18H2,1-11H3/t19-,20+,21+,22?,24+/m1/s1. The molecule has 0 aromatic rings. The summed E-state index contributed by atoms with van der Waals surface area (Å²) in [6, 6.07) is 0. The first-order valence-electron chi connectivity index (χ1n) is 12.5. The van der Waals surface area contributed by atoms with E-state index in [0.717, 1.165) is 19.4 Å². The van der Waals surface area contributed by atoms with Gasteiger partial charge in [-0.3, -0.25) is 0 Å². The zero-order valence-corrected chi connectivity index (χ0v) is 23.6. The Morgan fingerprint density at radius 1 is 0.969 bits per heavy atom. The molecule has 0 radical (unpaired) electrons. The highest BCUT2D eigenvalue weighted by atomic mass is 28.4. The van der Waals surface area contributed by atoms with Crippen LogP contribution in [0.3, 0.4) is 0 Å². The van der Waals surface area contributed by atoms with Crippen molar-refractivity contribution in [3.8, 4) is 11.8 Å². The largest absolute Gasteiger partial charge is 0.393 e. The summed E-state index contributed by atoms with van der Waals surface area (Å²) in [5.74, 6) is 6.57. The van der Waals surface area contributed by atoms with Gasteiger partial charge in [0.15, 0.2) is 0 Å². The summed E-state index contributed by atoms with van der Waals surface area (Å²) in [4.78, 5) is 0. The third kappa shape index (κ3) is 7.29. The van der Waals surface area contributed by atoms with Gasteiger partial charge in [0.05, 0.1) is 6.10 Å². The molecule has 0 saturated carbocycles. The van der Waals surface area contributed by atoms with Gasteiger partial charge in [-0.2, -0.15) is 0 Å². The fourth-order valence-electron chi connectivity index (χ4n) is 5.06. The summed E-state index contributed by atoms with van der Waals surface area (Å²) in [6.45, 7) is 25.7. The molecular weight excluding hydrogens is 420 g/mol. The summed E-state index contributed by atoms with van der Waals surface area (Å²) < 4.78 is 24.7. The molecule has 5 nitrogen and oxygen atoms in total. The number of aliphatic hydroxyl groups excluding tert-OH is 1. The Morgan fingerprint density at radius 3 is 1.94 bits per heavy atom. The molecule has 1 unspecified atom stereocenters. The van der Waals surface area contributed by atoms with E-state index in [4.69, 9.17) is 18.3 Å². The molecule has 1 aliphatic rings. The predicted octanol–water partition coefficient (Wildman–Crippen LogP) is 5.90. The van der Waals surface area contributed by atoms with Crippen molar-refractivity contribution in [1.82, 2.24) is 0 Å². The SMILES string of the molecule is CCOC(C#CC(O)[C@H](C)C[C@H](C)[C@@H]1O[Si](C(C)(C)C)(C(C)(C)C)OC[C@@H]1CC)OCC. The second kappa shape index (κ2) is 12.3. The molecule has 0 amide bonds. The molecule has 0 aromatic carbocycles. The Labute approximate surface area is 199 Å². The molecule has 1 rings (SSSR count). The van der Waals surface area contributed by atoms with E-state index in [-0.39, 0.29) is 22.1 Å². The van der Waals surface area contributed by atoms with Crippen molar-refractivity contribution in [3.05, 3.63) is 0 Å². The molecule has 5 atom stereocenters. The van der Waals surface area contributed by atoms with Gasteiger partial charge in [-0.15, -0.1) is 0 Å². The lowest BCUT2D eigenvalue weighted by molar-refractivity contribution is -0.0972. The van der Waals surface area contributed by atoms with Crippen molar-refractivity contribution >= 4 is 8.56 Å². The summed E-state index contributed by atoms with van der Waals surface area (Å²) in [5, 5.41) is 10.6. The van der Waals surface area contributed by atoms with E-state index in [0.29, 0.717) is 25.0 Å². The summed E-state index contributed by atoms with van der Waals surface area (Å²) in [7, 11) is -2.52. The van der Waals surface area contributed by atoms with E-state index in [2.05, 4.69) is 74.2 Å². The Hall–Kier alpha value is -0.423. The third-order valence-corrected chi connectivity index (χ3v) is 11.7. The number of ether oxygens (including phenoxy) is 2. The number of rotatable bonds is 9. The molecule has 0 aromatic heterocycles. The lowest BCUT2D eigenvalue weighted by Crippen LogP contribution is -2.64. The molecule has 1 fully saturated rings. The molecular formula is C26H50O5Si. The Kier molecular flexibility index (Phi) is 11.4. The Balaban J connectivity index is 2.99. The van der Waals surface area contributed by atoms with Gasteiger partial charge in [0.2, 0.25) is 6.29 Å². The Morgan fingerprint density at radius 2 is 1.50 bits per heavy atom. The van der Waals surface area contributed by atoms with Crippen LogP contribution in [0.2, 0.25) is 10.1 Å². The van der Waals surface area contributed by atoms with E-state index in [1.54, 1.807) is 0 Å². The maximum atomic E-state index is 10.7. The average Bonchev–Trinajstić information content (AvgIpc) is 2.69. The minimum Gasteiger partial charge on any atom is -0.393 e. The summed E-state index contributed by atoms with van der Waals surface area (Å²) >= 11 is 0. The lowest BCUT2D eigenvalue weighted by atomic mass is 9.83. The van der Waals surface area contributed by atoms with Crippen LogP contribution in [-0.2, 0) is 18.3 Å². The van der Waals surface area contributed by atoms with Gasteiger partial charge in [0, 0.05) is 35.8 Å². The fraction of sp³-hybridized carbons (Fsp3) is 0.923. The summed E-state index contributed by atoms with van der Waals surface area (Å²) in [6.07, 6.45) is 0.672. The van der Waals surface area contributed by atoms with Crippen molar-refractivity contribution in [3.63, 3.8) is 0 Å². The maximum Gasteiger partial charge on any atom is 0.349 e. The highest BCUT2D eigenvalue weighted by molar-refractivity contribution is 6.73. The van der Waals surface area contributed by atoms with Crippen LogP contribution in [0.5, 0.6) is 0 Å². The van der Waals surface area contributed by atoms with Gasteiger partial charge in [-0.05, 0) is 44.4 Å². The number of aliphatic hydroxyl groups is 1. The smallest absolute Gasteiger partial charge is 0.349 e. The lowest BCUT2D eigenvalue weighted by Gasteiger charge is -2.56. The molecule has 1 aliphatic heterocycles. The molecule has 0 aliphatic carbocycles. The van der Waals surface area contributed by atoms with Crippen molar-refractivity contribution < 1.29 is 23.4 Å². The first-order valence-corrected chi connectivity index (χ1v) is 14.3. The molecule has 0 bridgehead atoms. The van der Waals surface area contributed by atoms with Gasteiger partial charge >= 0.3 is 8.56 Å². The topological polar surface area (TPSA) is 57.2 Å². The summed E-state index contributed by atoms with van der Waals surface area (Å²) in [5.41, 5.74) is 0. The van der Waals surface area contributed by atoms with Crippen LogP contribution >= 0.6 is 0 Å². The van der Waals surface area contributed by atoms with E-state index < -0.39 is 21.0 Å². The number of hydrogen-bond acceptors (Lipinski definition) is 5. The van der Waals surface area contributed by atoms with Crippen LogP contribution in [0.1, 0.15) is 89.0 Å². The van der Waals surface area contributed by atoms with Gasteiger partial charge in [-0.1, -0.05) is 68.2 Å². The van der Waals surface area contributed by atoms with Crippen LogP contribution in [0, 0.1) is 29.6 Å². The van der Waals surface area contributed by atoms with Crippen molar-refractivity contribution in [2.45, 2.75) is 118 Å². The van der Waals surface area contributed by atoms with E-state index in [9.17, 15) is 5.11 Å². The molecule has 0 spiro atoms. The average molecular weight is 471 g/mol. The second-order valence-electron chi connectivity index (χ2n) is 11.3. The molecule has 6 heteroatoms. The van der Waals surface area contributed by atoms with E-state index in [1.165, 1.54) is 0 Å². The first kappa shape index (κ1) is 29.6. The van der Waals surface area contributed by atoms with Crippen LogP contribution in [0.15, 0.2) is 0 Å². The highest BCUT2D eigenvalue weighted by Crippen LogP contribution is 2.55. The van der Waals surface area contributed by atoms with Crippen molar-refractivity contribution in [2.75, 3.05) is 19.8 Å². The molecule has 1 saturated heterocycles. The van der Waals surface area contributed by atoms with Crippen molar-refractivity contribution in [1.29, 1.82) is 0 Å². The molecule has 1 N–H and O–H groups in total. The van der Waals surface area contributed by atoms with E-state index in [1.807, 2.05) is 13.8 Å². The molecule has 32 heavy (non-hydrogen) atoms. The third-order valence-electron chi connectivity index (χ3n) is 6.60. The van der Waals surface area contributed by atoms with E-state index >= 15 is 0 Å². The van der Waals surface area contributed by atoms with Gasteiger partial charge in [0.25, 0.3) is 0 Å². The zero-order valence-electron chi connectivity index (χ0n) is 22.6. The van der Waals surface area contributed by atoms with Crippen LogP contribution < -0.4 is 0 Å². The molecule has 188 valence electrons. The second-order valence-corrected chi connectivity index (χ2v) is 16.1. The van der Waals surface area contributed by atoms with Crippen LogP contribution in [0.4, 0.5) is 0 Å². The first-order chi connectivity index (χ1) is 14.7. The van der Waals surface area contributed by atoms with Gasteiger partial charge < -0.3 is 23.4 Å². The van der Waals surface area contributed by atoms with Gasteiger partial charge in [-0.25, -0.2) is 0 Å². The minimum absolute atomic E-state index is 0.0192. The van der Waals surface area contributed by atoms with Crippen molar-refractivity contribution in [2.24, 2.45) is 17.8 Å². The zero-order chi connectivity index (χ0) is 24.7. The number of hydrogen-bond donors (Lipinski definition) is 1. The minimum atomic E-state index is -2.52. The van der Waals surface area contributed by atoms with Gasteiger partial charge in [0.1, 0.15) is 6.10 Å². The van der Waals surface area contributed by atoms with Crippen LogP contribution in [0.25, 0.3) is 0 Å². The highest BCUT2D eigenvalue weighted by Gasteiger charge is 2.62. The predicted molar refractivity (Wildman–Crippen MR) is 134 cm³/mol. The monoisotopic (exact) mass is 470 g/mol. The maximum absolute atomic E-state index is 10.7. The normalized spacial score (nSPS) is 24.5. The quantitative estimate of drug-likeness (QED) is 0.258. The fourth-order valence-corrected chi connectivity index (χ4v) is 10.2. The Bertz CT molecular complexity index is 592. The van der Waals surface area contributed by atoms with Crippen LogP contribution in [-0.4, -0.2) is 52.0 Å². The molecule has 1 heterocycles.